The normalized spacial score (nSPS) is 12.6. The molecule has 0 aliphatic rings. The predicted molar refractivity (Wildman–Crippen MR) is 78.7 cm³/mol. The molecule has 108 valence electrons. The monoisotopic (exact) mass is 294 g/mol. The Bertz CT molecular complexity index is 552. The van der Waals surface area contributed by atoms with E-state index < -0.39 is 6.10 Å². The summed E-state index contributed by atoms with van der Waals surface area (Å²) in [5.41, 5.74) is 2.51. The lowest BCUT2D eigenvalue weighted by Crippen LogP contribution is -2.10. The largest absolute Gasteiger partial charge is 0.382 e. The van der Waals surface area contributed by atoms with Crippen molar-refractivity contribution in [2.24, 2.45) is 0 Å². The molecule has 0 bridgehead atoms. The summed E-state index contributed by atoms with van der Waals surface area (Å²) in [5, 5.41) is 15.2. The van der Waals surface area contributed by atoms with E-state index in [1.54, 1.807) is 18.0 Å². The van der Waals surface area contributed by atoms with E-state index in [1.165, 1.54) is 0 Å². The zero-order valence-electron chi connectivity index (χ0n) is 11.7. The van der Waals surface area contributed by atoms with Gasteiger partial charge >= 0.3 is 0 Å². The lowest BCUT2D eigenvalue weighted by Gasteiger charge is -2.14. The van der Waals surface area contributed by atoms with Crippen LogP contribution in [0.2, 0.25) is 5.02 Å². The molecule has 1 aromatic carbocycles. The Morgan fingerprint density at radius 2 is 2.05 bits per heavy atom. The average Bonchev–Trinajstić information content (AvgIpc) is 2.81. The Kier molecular flexibility index (Phi) is 5.17. The number of hydrogen-bond donors (Lipinski definition) is 1. The number of aliphatic hydroxyl groups excluding tert-OH is 1. The molecule has 0 saturated carbocycles. The third-order valence-corrected chi connectivity index (χ3v) is 3.43. The van der Waals surface area contributed by atoms with Gasteiger partial charge in [-0.2, -0.15) is 5.10 Å². The first-order chi connectivity index (χ1) is 9.67. The summed E-state index contributed by atoms with van der Waals surface area (Å²) < 4.78 is 6.83. The van der Waals surface area contributed by atoms with E-state index in [1.807, 2.05) is 24.3 Å². The van der Waals surface area contributed by atoms with Crippen molar-refractivity contribution in [1.82, 2.24) is 9.78 Å². The van der Waals surface area contributed by atoms with Gasteiger partial charge < -0.3 is 9.84 Å². The molecule has 1 unspecified atom stereocenters. The second-order valence-electron chi connectivity index (χ2n) is 4.68. The highest BCUT2D eigenvalue weighted by molar-refractivity contribution is 6.31. The number of rotatable bonds is 6. The number of aryl methyl sites for hydroxylation is 1. The predicted octanol–water partition coefficient (Wildman–Crippen LogP) is 3.17. The van der Waals surface area contributed by atoms with Crippen LogP contribution in [0.15, 0.2) is 30.5 Å². The SMILES string of the molecule is CCCn1ncc(Cl)c1C(O)c1ccc(COC)cc1. The van der Waals surface area contributed by atoms with E-state index in [9.17, 15) is 5.11 Å². The second kappa shape index (κ2) is 6.88. The van der Waals surface area contributed by atoms with E-state index in [0.29, 0.717) is 17.3 Å². The highest BCUT2D eigenvalue weighted by atomic mass is 35.5. The Morgan fingerprint density at radius 1 is 1.35 bits per heavy atom. The topological polar surface area (TPSA) is 47.3 Å². The van der Waals surface area contributed by atoms with Crippen LogP contribution in [-0.2, 0) is 17.9 Å². The van der Waals surface area contributed by atoms with Crippen molar-refractivity contribution in [2.45, 2.75) is 32.6 Å². The molecule has 1 atom stereocenters. The quantitative estimate of drug-likeness (QED) is 0.890. The van der Waals surface area contributed by atoms with Crippen LogP contribution in [0.1, 0.15) is 36.3 Å². The first kappa shape index (κ1) is 15.0. The van der Waals surface area contributed by atoms with Gasteiger partial charge in [0.25, 0.3) is 0 Å². The molecule has 4 nitrogen and oxygen atoms in total. The molecule has 2 aromatic rings. The van der Waals surface area contributed by atoms with Crippen molar-refractivity contribution < 1.29 is 9.84 Å². The van der Waals surface area contributed by atoms with E-state index in [4.69, 9.17) is 16.3 Å². The molecule has 5 heteroatoms. The Labute approximate surface area is 123 Å². The van der Waals surface area contributed by atoms with Crippen LogP contribution in [0.3, 0.4) is 0 Å². The summed E-state index contributed by atoms with van der Waals surface area (Å²) in [6.45, 7) is 3.36. The highest BCUT2D eigenvalue weighted by Gasteiger charge is 2.19. The van der Waals surface area contributed by atoms with Crippen LogP contribution in [0.4, 0.5) is 0 Å². The first-order valence-electron chi connectivity index (χ1n) is 6.64. The summed E-state index contributed by atoms with van der Waals surface area (Å²) in [7, 11) is 1.66. The molecular formula is C15H19ClN2O2. The maximum absolute atomic E-state index is 10.5. The molecule has 0 aliphatic heterocycles. The van der Waals surface area contributed by atoms with Crippen molar-refractivity contribution in [3.8, 4) is 0 Å². The number of methoxy groups -OCH3 is 1. The number of nitrogens with zero attached hydrogens (tertiary/aromatic N) is 2. The van der Waals surface area contributed by atoms with Gasteiger partial charge in [-0.15, -0.1) is 0 Å². The van der Waals surface area contributed by atoms with Gasteiger partial charge in [-0.05, 0) is 17.5 Å². The molecule has 0 spiro atoms. The van der Waals surface area contributed by atoms with E-state index in [-0.39, 0.29) is 0 Å². The maximum Gasteiger partial charge on any atom is 0.122 e. The minimum atomic E-state index is -0.770. The molecule has 0 radical (unpaired) electrons. The minimum Gasteiger partial charge on any atom is -0.382 e. The summed E-state index contributed by atoms with van der Waals surface area (Å²) in [5.74, 6) is 0. The maximum atomic E-state index is 10.5. The van der Waals surface area contributed by atoms with E-state index >= 15 is 0 Å². The van der Waals surface area contributed by atoms with Crippen LogP contribution < -0.4 is 0 Å². The van der Waals surface area contributed by atoms with Crippen molar-refractivity contribution in [2.75, 3.05) is 7.11 Å². The molecule has 2 rings (SSSR count). The van der Waals surface area contributed by atoms with Crippen LogP contribution >= 0.6 is 11.6 Å². The molecule has 20 heavy (non-hydrogen) atoms. The summed E-state index contributed by atoms with van der Waals surface area (Å²) in [6, 6.07) is 7.66. The lowest BCUT2D eigenvalue weighted by molar-refractivity contribution is 0.184. The fourth-order valence-corrected chi connectivity index (χ4v) is 2.40. The summed E-state index contributed by atoms with van der Waals surface area (Å²) in [4.78, 5) is 0. The second-order valence-corrected chi connectivity index (χ2v) is 5.09. The van der Waals surface area contributed by atoms with Crippen LogP contribution in [-0.4, -0.2) is 22.0 Å². The molecule has 0 aliphatic carbocycles. The standard InChI is InChI=1S/C15H19ClN2O2/c1-3-8-18-14(13(16)9-17-18)15(19)12-6-4-11(5-7-12)10-20-2/h4-7,9,15,19H,3,8,10H2,1-2H3. The molecule has 0 saturated heterocycles. The van der Waals surface area contributed by atoms with Gasteiger partial charge in [-0.3, -0.25) is 4.68 Å². The molecule has 0 amide bonds. The van der Waals surface area contributed by atoms with Crippen LogP contribution in [0, 0.1) is 0 Å². The van der Waals surface area contributed by atoms with Gasteiger partial charge in [0, 0.05) is 13.7 Å². The number of aliphatic hydroxyl groups is 1. The number of benzene rings is 1. The Morgan fingerprint density at radius 3 is 2.65 bits per heavy atom. The molecule has 0 fully saturated rings. The summed E-state index contributed by atoms with van der Waals surface area (Å²) >= 11 is 6.14. The molecular weight excluding hydrogens is 276 g/mol. The van der Waals surface area contributed by atoms with Gasteiger partial charge in [0.2, 0.25) is 0 Å². The van der Waals surface area contributed by atoms with E-state index in [2.05, 4.69) is 12.0 Å². The molecule has 1 N–H and O–H groups in total. The van der Waals surface area contributed by atoms with Crippen molar-refractivity contribution in [1.29, 1.82) is 0 Å². The summed E-state index contributed by atoms with van der Waals surface area (Å²) in [6.07, 6.45) is 1.74. The third kappa shape index (κ3) is 3.20. The van der Waals surface area contributed by atoms with Crippen molar-refractivity contribution in [3.63, 3.8) is 0 Å². The number of aromatic nitrogens is 2. The van der Waals surface area contributed by atoms with Crippen molar-refractivity contribution >= 4 is 11.6 Å². The van der Waals surface area contributed by atoms with Crippen LogP contribution in [0.5, 0.6) is 0 Å². The Balaban J connectivity index is 2.26. The number of ether oxygens (including phenoxy) is 1. The average molecular weight is 295 g/mol. The van der Waals surface area contributed by atoms with Gasteiger partial charge in [0.05, 0.1) is 23.5 Å². The van der Waals surface area contributed by atoms with E-state index in [0.717, 1.165) is 24.1 Å². The lowest BCUT2D eigenvalue weighted by atomic mass is 10.0. The smallest absolute Gasteiger partial charge is 0.122 e. The van der Waals surface area contributed by atoms with Gasteiger partial charge in [-0.1, -0.05) is 42.8 Å². The minimum absolute atomic E-state index is 0.493. The van der Waals surface area contributed by atoms with Crippen LogP contribution in [0.25, 0.3) is 0 Å². The number of halogens is 1. The highest BCUT2D eigenvalue weighted by Crippen LogP contribution is 2.28. The van der Waals surface area contributed by atoms with Crippen molar-refractivity contribution in [3.05, 3.63) is 52.3 Å². The zero-order chi connectivity index (χ0) is 14.5. The third-order valence-electron chi connectivity index (χ3n) is 3.13. The fourth-order valence-electron chi connectivity index (χ4n) is 2.15. The fraction of sp³-hybridized carbons (Fsp3) is 0.400. The Hall–Kier alpha value is -1.36. The molecule has 1 aromatic heterocycles. The molecule has 1 heterocycles. The van der Waals surface area contributed by atoms with Gasteiger partial charge in [0.15, 0.2) is 0 Å². The van der Waals surface area contributed by atoms with Gasteiger partial charge in [-0.25, -0.2) is 0 Å². The van der Waals surface area contributed by atoms with Gasteiger partial charge in [0.1, 0.15) is 6.10 Å². The first-order valence-corrected chi connectivity index (χ1v) is 7.02. The number of hydrogen-bond acceptors (Lipinski definition) is 3. The zero-order valence-corrected chi connectivity index (χ0v) is 12.5.